The minimum atomic E-state index is -0.110. The van der Waals surface area contributed by atoms with Crippen LogP contribution in [0.2, 0.25) is 0 Å². The Bertz CT molecular complexity index is 778. The number of amides is 1. The fourth-order valence-electron chi connectivity index (χ4n) is 2.23. The third kappa shape index (κ3) is 6.25. The normalized spacial score (nSPS) is 11.7. The quantitative estimate of drug-likeness (QED) is 0.357. The zero-order valence-corrected chi connectivity index (χ0v) is 18.0. The summed E-state index contributed by atoms with van der Waals surface area (Å²) in [7, 11) is 0. The molecule has 1 amide bonds. The second kappa shape index (κ2) is 9.33. The van der Waals surface area contributed by atoms with Crippen molar-refractivity contribution in [1.29, 1.82) is 0 Å². The zero-order valence-electron chi connectivity index (χ0n) is 15.6. The molecule has 1 N–H and O–H groups in total. The summed E-state index contributed by atoms with van der Waals surface area (Å²) >= 11 is 5.16. The number of halogens is 1. The van der Waals surface area contributed by atoms with Gasteiger partial charge in [0, 0.05) is 11.3 Å². The summed E-state index contributed by atoms with van der Waals surface area (Å²) in [6, 6.07) is 8.16. The highest BCUT2D eigenvalue weighted by Gasteiger charge is 2.15. The number of carbonyl (C=O) groups excluding carboxylic acids is 1. The lowest BCUT2D eigenvalue weighted by molar-refractivity contribution is -0.121. The molecule has 0 radical (unpaired) electrons. The maximum Gasteiger partial charge on any atom is 0.240 e. The van der Waals surface area contributed by atoms with E-state index in [0.717, 1.165) is 20.7 Å². The van der Waals surface area contributed by atoms with E-state index in [1.807, 2.05) is 24.4 Å². The molecule has 0 atom stereocenters. The van der Waals surface area contributed by atoms with Gasteiger partial charge >= 0.3 is 0 Å². The van der Waals surface area contributed by atoms with Gasteiger partial charge in [-0.05, 0) is 69.4 Å². The molecule has 0 saturated heterocycles. The largest absolute Gasteiger partial charge is 0.492 e. The molecule has 1 aromatic carbocycles. The summed E-state index contributed by atoms with van der Waals surface area (Å²) < 4.78 is 6.71. The summed E-state index contributed by atoms with van der Waals surface area (Å²) in [5.41, 5.74) is 5.06. The van der Waals surface area contributed by atoms with Gasteiger partial charge in [0.2, 0.25) is 5.91 Å². The topological polar surface area (TPSA) is 50.7 Å². The van der Waals surface area contributed by atoms with Crippen molar-refractivity contribution in [3.63, 3.8) is 0 Å². The molecule has 0 saturated carbocycles. The lowest BCUT2D eigenvalue weighted by Gasteiger charge is -2.20. The Hall–Kier alpha value is -1.66. The Labute approximate surface area is 167 Å². The van der Waals surface area contributed by atoms with Crippen LogP contribution < -0.4 is 10.2 Å². The average Bonchev–Trinajstić information content (AvgIpc) is 2.97. The number of hydrogen-bond acceptors (Lipinski definition) is 4. The third-order valence-corrected chi connectivity index (χ3v) is 5.45. The summed E-state index contributed by atoms with van der Waals surface area (Å²) in [5, 5.41) is 6.00. The molecule has 0 spiro atoms. The second-order valence-electron chi connectivity index (χ2n) is 7.11. The lowest BCUT2D eigenvalue weighted by atomic mass is 9.87. The van der Waals surface area contributed by atoms with Crippen molar-refractivity contribution >= 4 is 39.4 Å². The maximum atomic E-state index is 11.8. The first-order valence-corrected chi connectivity index (χ1v) is 10.2. The Morgan fingerprint density at radius 2 is 2.12 bits per heavy atom. The van der Waals surface area contributed by atoms with Crippen LogP contribution in [0.15, 0.2) is 39.2 Å². The predicted octanol–water partition coefficient (Wildman–Crippen LogP) is 5.43. The fraction of sp³-hybridized carbons (Fsp3) is 0.400. The molecule has 2 rings (SSSR count). The number of hydrogen-bond donors (Lipinski definition) is 1. The first-order valence-electron chi connectivity index (χ1n) is 8.56. The van der Waals surface area contributed by atoms with Gasteiger partial charge in [-0.2, -0.15) is 5.10 Å². The van der Waals surface area contributed by atoms with E-state index < -0.39 is 0 Å². The molecule has 140 valence electrons. The minimum Gasteiger partial charge on any atom is -0.492 e. The van der Waals surface area contributed by atoms with E-state index in [-0.39, 0.29) is 11.3 Å². The van der Waals surface area contributed by atoms with Crippen LogP contribution >= 0.6 is 27.3 Å². The number of nitrogens with one attached hydrogen (secondary N) is 1. The molecular formula is C20H25BrN2O2S. The Morgan fingerprint density at radius 1 is 1.35 bits per heavy atom. The third-order valence-electron chi connectivity index (χ3n) is 3.88. The minimum absolute atomic E-state index is 0.0985. The molecule has 1 heterocycles. The van der Waals surface area contributed by atoms with E-state index in [4.69, 9.17) is 4.74 Å². The first kappa shape index (κ1) is 20.6. The highest BCUT2D eigenvalue weighted by Crippen LogP contribution is 2.31. The molecule has 0 aliphatic heterocycles. The van der Waals surface area contributed by atoms with E-state index >= 15 is 0 Å². The summed E-state index contributed by atoms with van der Waals surface area (Å²) in [6.07, 6.45) is 2.69. The highest BCUT2D eigenvalue weighted by molar-refractivity contribution is 9.10. The molecule has 0 fully saturated rings. The monoisotopic (exact) mass is 436 g/mol. The van der Waals surface area contributed by atoms with Crippen molar-refractivity contribution in [2.75, 3.05) is 6.61 Å². The van der Waals surface area contributed by atoms with Crippen molar-refractivity contribution in [2.24, 2.45) is 5.10 Å². The molecule has 2 aromatic rings. The predicted molar refractivity (Wildman–Crippen MR) is 112 cm³/mol. The van der Waals surface area contributed by atoms with Crippen molar-refractivity contribution in [1.82, 2.24) is 5.43 Å². The molecule has 0 aliphatic rings. The van der Waals surface area contributed by atoms with E-state index in [1.54, 1.807) is 17.6 Å². The van der Waals surface area contributed by atoms with E-state index in [0.29, 0.717) is 19.4 Å². The molecule has 0 bridgehead atoms. The van der Waals surface area contributed by atoms with Gasteiger partial charge in [0.25, 0.3) is 0 Å². The standard InChI is InChI=1S/C20H25BrN2O2S/c1-14-9-11-26-18(14)13-22-23-19(24)6-5-10-25-17-8-7-15(12-16(17)21)20(2,3)4/h7-9,11-13H,5-6,10H2,1-4H3,(H,23,24)/b22-13+. The molecule has 26 heavy (non-hydrogen) atoms. The summed E-state index contributed by atoms with van der Waals surface area (Å²) in [4.78, 5) is 12.9. The fourth-order valence-corrected chi connectivity index (χ4v) is 3.51. The molecule has 6 heteroatoms. The van der Waals surface area contributed by atoms with Crippen LogP contribution in [-0.2, 0) is 10.2 Å². The number of thiophene rings is 1. The molecule has 0 aliphatic carbocycles. The summed E-state index contributed by atoms with van der Waals surface area (Å²) in [5.74, 6) is 0.686. The Balaban J connectivity index is 1.72. The van der Waals surface area contributed by atoms with Crippen LogP contribution in [-0.4, -0.2) is 18.7 Å². The number of rotatable bonds is 7. The van der Waals surface area contributed by atoms with Crippen LogP contribution in [0.25, 0.3) is 0 Å². The van der Waals surface area contributed by atoms with Crippen LogP contribution in [0.4, 0.5) is 0 Å². The van der Waals surface area contributed by atoms with Gasteiger partial charge in [-0.25, -0.2) is 5.43 Å². The van der Waals surface area contributed by atoms with Crippen molar-refractivity contribution in [3.05, 3.63) is 50.1 Å². The number of carbonyl (C=O) groups is 1. The van der Waals surface area contributed by atoms with Crippen LogP contribution in [0.3, 0.4) is 0 Å². The molecule has 0 unspecified atom stereocenters. The zero-order chi connectivity index (χ0) is 19.2. The number of nitrogens with zero attached hydrogens (tertiary/aromatic N) is 1. The van der Waals surface area contributed by atoms with Crippen molar-refractivity contribution < 1.29 is 9.53 Å². The van der Waals surface area contributed by atoms with Gasteiger partial charge in [0.15, 0.2) is 0 Å². The SMILES string of the molecule is Cc1ccsc1/C=N/NC(=O)CCCOc1ccc(C(C)(C)C)cc1Br. The van der Waals surface area contributed by atoms with Crippen molar-refractivity contribution in [2.45, 2.75) is 46.0 Å². The summed E-state index contributed by atoms with van der Waals surface area (Å²) in [6.45, 7) is 9.03. The molecule has 4 nitrogen and oxygen atoms in total. The van der Waals surface area contributed by atoms with E-state index in [2.05, 4.69) is 59.4 Å². The number of hydrazone groups is 1. The van der Waals surface area contributed by atoms with Crippen LogP contribution in [0.1, 0.15) is 49.6 Å². The van der Waals surface area contributed by atoms with E-state index in [1.165, 1.54) is 5.56 Å². The Kier molecular flexibility index (Phi) is 7.41. The van der Waals surface area contributed by atoms with Gasteiger partial charge in [-0.3, -0.25) is 4.79 Å². The average molecular weight is 437 g/mol. The van der Waals surface area contributed by atoms with E-state index in [9.17, 15) is 4.79 Å². The van der Waals surface area contributed by atoms with Crippen molar-refractivity contribution in [3.8, 4) is 5.75 Å². The van der Waals surface area contributed by atoms with Gasteiger partial charge in [0.1, 0.15) is 5.75 Å². The van der Waals surface area contributed by atoms with Crippen LogP contribution in [0, 0.1) is 6.92 Å². The van der Waals surface area contributed by atoms with Gasteiger partial charge in [0.05, 0.1) is 17.3 Å². The number of aryl methyl sites for hydroxylation is 1. The van der Waals surface area contributed by atoms with Gasteiger partial charge < -0.3 is 4.74 Å². The van der Waals surface area contributed by atoms with Gasteiger partial charge in [-0.15, -0.1) is 11.3 Å². The number of benzene rings is 1. The second-order valence-corrected chi connectivity index (χ2v) is 8.91. The highest BCUT2D eigenvalue weighted by atomic mass is 79.9. The number of ether oxygens (including phenoxy) is 1. The first-order chi connectivity index (χ1) is 12.3. The molecular weight excluding hydrogens is 412 g/mol. The Morgan fingerprint density at radius 3 is 2.73 bits per heavy atom. The van der Waals surface area contributed by atoms with Crippen LogP contribution in [0.5, 0.6) is 5.75 Å². The molecule has 1 aromatic heterocycles. The lowest BCUT2D eigenvalue weighted by Crippen LogP contribution is -2.18. The van der Waals surface area contributed by atoms with Gasteiger partial charge in [-0.1, -0.05) is 26.8 Å². The maximum absolute atomic E-state index is 11.8. The smallest absolute Gasteiger partial charge is 0.240 e.